The molecule has 0 aromatic heterocycles. The minimum Gasteiger partial charge on any atom is -0.433 e. The fourth-order valence-corrected chi connectivity index (χ4v) is 1.65. The Kier molecular flexibility index (Phi) is 6.47. The van der Waals surface area contributed by atoms with E-state index in [9.17, 15) is 13.6 Å². The molecule has 0 radical (unpaired) electrons. The van der Waals surface area contributed by atoms with E-state index < -0.39 is 12.6 Å². The lowest BCUT2D eigenvalue weighted by molar-refractivity contribution is -0.0497. The summed E-state index contributed by atoms with van der Waals surface area (Å²) in [6.07, 6.45) is 0.426. The van der Waals surface area contributed by atoms with E-state index in [-0.39, 0.29) is 23.4 Å². The lowest BCUT2D eigenvalue weighted by Crippen LogP contribution is -2.36. The average Bonchev–Trinajstić information content (AvgIpc) is 2.32. The zero-order valence-corrected chi connectivity index (χ0v) is 11.5. The van der Waals surface area contributed by atoms with Crippen LogP contribution in [0.2, 0.25) is 5.02 Å². The normalized spacial score (nSPS) is 12.1. The molecule has 20 heavy (non-hydrogen) atoms. The van der Waals surface area contributed by atoms with E-state index in [1.165, 1.54) is 18.2 Å². The van der Waals surface area contributed by atoms with Crippen LogP contribution in [0.3, 0.4) is 0 Å². The second-order valence-electron chi connectivity index (χ2n) is 4.04. The molecule has 3 N–H and O–H groups in total. The molecule has 0 saturated heterocycles. The minimum absolute atomic E-state index is 0.0348. The van der Waals surface area contributed by atoms with E-state index in [2.05, 4.69) is 15.4 Å². The van der Waals surface area contributed by atoms with Crippen LogP contribution in [0.25, 0.3) is 0 Å². The number of nitrogens with one attached hydrogen (secondary N) is 2. The van der Waals surface area contributed by atoms with Gasteiger partial charge in [0.25, 0.3) is 0 Å². The Hall–Kier alpha value is -1.60. The number of hydrogen-bond acceptors (Lipinski definition) is 3. The van der Waals surface area contributed by atoms with Crippen LogP contribution >= 0.6 is 11.6 Å². The second kappa shape index (κ2) is 7.86. The van der Waals surface area contributed by atoms with Gasteiger partial charge < -0.3 is 20.5 Å². The molecular formula is C12H15ClF2N2O3. The molecule has 1 aromatic carbocycles. The Balaban J connectivity index is 2.60. The fourth-order valence-electron chi connectivity index (χ4n) is 1.43. The number of aliphatic hydroxyl groups excluding tert-OH is 1. The molecule has 0 saturated carbocycles. The van der Waals surface area contributed by atoms with E-state index in [1.54, 1.807) is 6.92 Å². The van der Waals surface area contributed by atoms with Crippen LogP contribution in [0.4, 0.5) is 19.3 Å². The van der Waals surface area contributed by atoms with Gasteiger partial charge in [-0.25, -0.2) is 4.79 Å². The van der Waals surface area contributed by atoms with Gasteiger partial charge in [0, 0.05) is 18.3 Å². The highest BCUT2D eigenvalue weighted by Gasteiger charge is 2.11. The number of aliphatic hydroxyl groups is 1. The molecule has 0 bridgehead atoms. The van der Waals surface area contributed by atoms with Crippen LogP contribution in [-0.2, 0) is 0 Å². The lowest BCUT2D eigenvalue weighted by atomic mass is 10.2. The number of carbonyl (C=O) groups excluding carboxylic acids is 1. The van der Waals surface area contributed by atoms with Gasteiger partial charge in [-0.2, -0.15) is 8.78 Å². The molecule has 112 valence electrons. The van der Waals surface area contributed by atoms with Crippen molar-refractivity contribution in [3.63, 3.8) is 0 Å². The maximum absolute atomic E-state index is 12.0. The molecule has 1 atom stereocenters. The third kappa shape index (κ3) is 5.58. The quantitative estimate of drug-likeness (QED) is 0.757. The van der Waals surface area contributed by atoms with Gasteiger partial charge in [-0.3, -0.25) is 0 Å². The van der Waals surface area contributed by atoms with Crippen molar-refractivity contribution in [1.29, 1.82) is 0 Å². The number of ether oxygens (including phenoxy) is 1. The summed E-state index contributed by atoms with van der Waals surface area (Å²) in [4.78, 5) is 11.6. The van der Waals surface area contributed by atoms with E-state index in [0.29, 0.717) is 12.1 Å². The molecule has 0 aliphatic rings. The van der Waals surface area contributed by atoms with Crippen LogP contribution in [-0.4, -0.2) is 30.4 Å². The number of hydrogen-bond donors (Lipinski definition) is 3. The summed E-state index contributed by atoms with van der Waals surface area (Å²) in [6.45, 7) is -1.26. The third-order valence-electron chi connectivity index (χ3n) is 2.35. The van der Waals surface area contributed by atoms with Crippen molar-refractivity contribution in [2.75, 3.05) is 11.9 Å². The van der Waals surface area contributed by atoms with Crippen LogP contribution in [0, 0.1) is 0 Å². The van der Waals surface area contributed by atoms with Gasteiger partial charge in [-0.15, -0.1) is 0 Å². The number of benzene rings is 1. The van der Waals surface area contributed by atoms with E-state index in [0.717, 1.165) is 0 Å². The average molecular weight is 309 g/mol. The van der Waals surface area contributed by atoms with Crippen molar-refractivity contribution < 1.29 is 23.4 Å². The van der Waals surface area contributed by atoms with Crippen molar-refractivity contribution in [2.24, 2.45) is 0 Å². The van der Waals surface area contributed by atoms with Crippen LogP contribution in [0.15, 0.2) is 18.2 Å². The number of amides is 2. The smallest absolute Gasteiger partial charge is 0.387 e. The molecule has 1 rings (SSSR count). The predicted octanol–water partition coefficient (Wildman–Crippen LogP) is 2.83. The van der Waals surface area contributed by atoms with Gasteiger partial charge in [0.15, 0.2) is 0 Å². The largest absolute Gasteiger partial charge is 0.433 e. The van der Waals surface area contributed by atoms with Gasteiger partial charge in [0.05, 0.1) is 5.02 Å². The zero-order chi connectivity index (χ0) is 15.1. The van der Waals surface area contributed by atoms with Crippen LogP contribution in [0.1, 0.15) is 13.3 Å². The van der Waals surface area contributed by atoms with Gasteiger partial charge in [0.2, 0.25) is 0 Å². The molecule has 0 aliphatic carbocycles. The molecule has 0 aliphatic heterocycles. The molecule has 0 heterocycles. The molecular weight excluding hydrogens is 294 g/mol. The molecule has 8 heteroatoms. The van der Waals surface area contributed by atoms with Crippen molar-refractivity contribution in [3.8, 4) is 5.75 Å². The van der Waals surface area contributed by atoms with Crippen LogP contribution in [0.5, 0.6) is 5.75 Å². The number of anilines is 1. The first-order valence-corrected chi connectivity index (χ1v) is 6.23. The monoisotopic (exact) mass is 308 g/mol. The topological polar surface area (TPSA) is 70.6 Å². The first kappa shape index (κ1) is 16.5. The molecule has 0 unspecified atom stereocenters. The van der Waals surface area contributed by atoms with Gasteiger partial charge in [-0.05, 0) is 31.5 Å². The maximum Gasteiger partial charge on any atom is 0.387 e. The standard InChI is InChI=1S/C12H15ClF2N2O3/c1-7(4-5-18)16-12(19)17-8-2-3-10(9(13)6-8)20-11(14)15/h2-3,6-7,11,18H,4-5H2,1H3,(H2,16,17,19)/t7-/m1/s1. The second-order valence-corrected chi connectivity index (χ2v) is 4.44. The summed E-state index contributed by atoms with van der Waals surface area (Å²) < 4.78 is 28.3. The van der Waals surface area contributed by atoms with Crippen molar-refractivity contribution >= 4 is 23.3 Å². The Bertz CT molecular complexity index is 460. The van der Waals surface area contributed by atoms with Gasteiger partial charge in [0.1, 0.15) is 5.75 Å². The molecule has 0 fully saturated rings. The van der Waals surface area contributed by atoms with Crippen molar-refractivity contribution in [1.82, 2.24) is 5.32 Å². The first-order chi connectivity index (χ1) is 9.42. The van der Waals surface area contributed by atoms with E-state index in [4.69, 9.17) is 16.7 Å². The molecule has 0 spiro atoms. The van der Waals surface area contributed by atoms with Crippen molar-refractivity contribution in [2.45, 2.75) is 26.0 Å². The first-order valence-electron chi connectivity index (χ1n) is 5.85. The summed E-state index contributed by atoms with van der Waals surface area (Å²) in [6, 6.07) is 3.25. The minimum atomic E-state index is -2.96. The Labute approximate surface area is 119 Å². The predicted molar refractivity (Wildman–Crippen MR) is 71.4 cm³/mol. The number of halogens is 3. The third-order valence-corrected chi connectivity index (χ3v) is 2.64. The van der Waals surface area contributed by atoms with Crippen LogP contribution < -0.4 is 15.4 Å². The summed E-state index contributed by atoms with van der Waals surface area (Å²) in [5.41, 5.74) is 0.338. The molecule has 2 amide bonds. The Morgan fingerprint density at radius 3 is 2.75 bits per heavy atom. The van der Waals surface area contributed by atoms with E-state index >= 15 is 0 Å². The zero-order valence-electron chi connectivity index (χ0n) is 10.7. The lowest BCUT2D eigenvalue weighted by Gasteiger charge is -2.14. The molecule has 5 nitrogen and oxygen atoms in total. The summed E-state index contributed by atoms with van der Waals surface area (Å²) in [5.74, 6) is -0.165. The highest BCUT2D eigenvalue weighted by molar-refractivity contribution is 6.32. The SMILES string of the molecule is C[C@H](CCO)NC(=O)Nc1ccc(OC(F)F)c(Cl)c1. The van der Waals surface area contributed by atoms with Crippen molar-refractivity contribution in [3.05, 3.63) is 23.2 Å². The van der Waals surface area contributed by atoms with E-state index in [1.807, 2.05) is 0 Å². The number of alkyl halides is 2. The highest BCUT2D eigenvalue weighted by atomic mass is 35.5. The number of rotatable bonds is 6. The summed E-state index contributed by atoms with van der Waals surface area (Å²) in [7, 11) is 0. The summed E-state index contributed by atoms with van der Waals surface area (Å²) in [5, 5.41) is 13.8. The Morgan fingerprint density at radius 1 is 1.50 bits per heavy atom. The summed E-state index contributed by atoms with van der Waals surface area (Å²) >= 11 is 5.75. The number of urea groups is 1. The van der Waals surface area contributed by atoms with Gasteiger partial charge >= 0.3 is 12.6 Å². The Morgan fingerprint density at radius 2 is 2.20 bits per heavy atom. The van der Waals surface area contributed by atoms with Gasteiger partial charge in [-0.1, -0.05) is 11.6 Å². The fraction of sp³-hybridized carbons (Fsp3) is 0.417. The highest BCUT2D eigenvalue weighted by Crippen LogP contribution is 2.28. The molecule has 1 aromatic rings. The maximum atomic E-state index is 12.0. The number of carbonyl (C=O) groups is 1.